The number of hydrogen-bond acceptors (Lipinski definition) is 3. The number of rotatable bonds is 6. The Morgan fingerprint density at radius 2 is 1.71 bits per heavy atom. The molecule has 1 aromatic heterocycles. The van der Waals surface area contributed by atoms with Gasteiger partial charge in [-0.2, -0.15) is 0 Å². The van der Waals surface area contributed by atoms with E-state index in [1.165, 1.54) is 10.4 Å². The number of nitrogens with one attached hydrogen (secondary N) is 1. The topological polar surface area (TPSA) is 42.0 Å². The van der Waals surface area contributed by atoms with Gasteiger partial charge in [-0.1, -0.05) is 67.6 Å². The largest absolute Gasteiger partial charge is 0.302 e. The first-order chi connectivity index (χ1) is 11.8. The van der Waals surface area contributed by atoms with Gasteiger partial charge in [-0.3, -0.25) is 4.79 Å². The third kappa shape index (κ3) is 4.09. The predicted molar refractivity (Wildman–Crippen MR) is 100 cm³/mol. The molecular formula is C20H20N2OS. The van der Waals surface area contributed by atoms with Crippen molar-refractivity contribution in [3.63, 3.8) is 0 Å². The summed E-state index contributed by atoms with van der Waals surface area (Å²) in [6, 6.07) is 20.2. The molecule has 2 aromatic carbocycles. The van der Waals surface area contributed by atoms with Gasteiger partial charge in [0.1, 0.15) is 0 Å². The minimum atomic E-state index is 0.00914. The van der Waals surface area contributed by atoms with E-state index in [1.54, 1.807) is 11.3 Å². The monoisotopic (exact) mass is 336 g/mol. The van der Waals surface area contributed by atoms with E-state index in [0.717, 1.165) is 24.1 Å². The molecule has 0 radical (unpaired) electrons. The van der Waals surface area contributed by atoms with Crippen LogP contribution in [0.1, 0.15) is 23.8 Å². The van der Waals surface area contributed by atoms with Gasteiger partial charge < -0.3 is 5.32 Å². The number of amides is 1. The summed E-state index contributed by atoms with van der Waals surface area (Å²) >= 11 is 1.56. The molecule has 0 unspecified atom stereocenters. The molecule has 0 aliphatic rings. The Morgan fingerprint density at radius 3 is 2.38 bits per heavy atom. The van der Waals surface area contributed by atoms with Crippen molar-refractivity contribution in [2.75, 3.05) is 5.32 Å². The molecule has 0 saturated carbocycles. The van der Waals surface area contributed by atoms with Gasteiger partial charge in [0.05, 0.1) is 5.69 Å². The lowest BCUT2D eigenvalue weighted by atomic mass is 10.1. The van der Waals surface area contributed by atoms with Crippen molar-refractivity contribution in [3.8, 4) is 11.3 Å². The highest BCUT2D eigenvalue weighted by molar-refractivity contribution is 7.16. The fourth-order valence-electron chi connectivity index (χ4n) is 2.55. The van der Waals surface area contributed by atoms with Crippen LogP contribution in [-0.4, -0.2) is 10.9 Å². The van der Waals surface area contributed by atoms with Gasteiger partial charge in [0.2, 0.25) is 5.91 Å². The number of carbonyl (C=O) groups is 1. The van der Waals surface area contributed by atoms with E-state index in [4.69, 9.17) is 0 Å². The molecule has 1 N–H and O–H groups in total. The number of carbonyl (C=O) groups excluding carboxylic acids is 1. The summed E-state index contributed by atoms with van der Waals surface area (Å²) < 4.78 is 0. The molecule has 0 saturated heterocycles. The average Bonchev–Trinajstić information content (AvgIpc) is 3.04. The summed E-state index contributed by atoms with van der Waals surface area (Å²) in [5, 5.41) is 3.63. The van der Waals surface area contributed by atoms with E-state index >= 15 is 0 Å². The summed E-state index contributed by atoms with van der Waals surface area (Å²) in [5.74, 6) is 0.00914. The number of thiazole rings is 1. The molecule has 0 fully saturated rings. The fraction of sp³-hybridized carbons (Fsp3) is 0.200. The Morgan fingerprint density at radius 1 is 1.04 bits per heavy atom. The standard InChI is InChI=1S/C20H20N2OS/c1-2-17-19(16-11-7-4-8-12-16)22-20(24-17)21-18(23)14-13-15-9-5-3-6-10-15/h3-12H,2,13-14H2,1H3,(H,21,22,23). The minimum Gasteiger partial charge on any atom is -0.302 e. The maximum atomic E-state index is 12.2. The van der Waals surface area contributed by atoms with Gasteiger partial charge in [0.15, 0.2) is 5.13 Å². The Bertz CT molecular complexity index is 797. The zero-order valence-corrected chi connectivity index (χ0v) is 14.5. The smallest absolute Gasteiger partial charge is 0.226 e. The van der Waals surface area contributed by atoms with E-state index in [2.05, 4.69) is 29.4 Å². The molecule has 3 aromatic rings. The first-order valence-electron chi connectivity index (χ1n) is 8.15. The second kappa shape index (κ2) is 7.88. The van der Waals surface area contributed by atoms with Gasteiger partial charge in [-0.15, -0.1) is 11.3 Å². The highest BCUT2D eigenvalue weighted by Crippen LogP contribution is 2.31. The highest BCUT2D eigenvalue weighted by Gasteiger charge is 2.13. The van der Waals surface area contributed by atoms with E-state index in [0.29, 0.717) is 11.6 Å². The van der Waals surface area contributed by atoms with Crippen LogP contribution in [0, 0.1) is 0 Å². The molecule has 4 heteroatoms. The maximum absolute atomic E-state index is 12.2. The van der Waals surface area contributed by atoms with Gasteiger partial charge in [0, 0.05) is 16.9 Å². The molecule has 24 heavy (non-hydrogen) atoms. The zero-order chi connectivity index (χ0) is 16.8. The van der Waals surface area contributed by atoms with Crippen LogP contribution >= 0.6 is 11.3 Å². The minimum absolute atomic E-state index is 0.00914. The number of nitrogens with zero attached hydrogens (tertiary/aromatic N) is 1. The number of benzene rings is 2. The molecule has 0 atom stereocenters. The van der Waals surface area contributed by atoms with Gasteiger partial charge in [-0.25, -0.2) is 4.98 Å². The summed E-state index contributed by atoms with van der Waals surface area (Å²) in [4.78, 5) is 18.0. The lowest BCUT2D eigenvalue weighted by Crippen LogP contribution is -2.12. The fourth-order valence-corrected chi connectivity index (χ4v) is 3.49. The highest BCUT2D eigenvalue weighted by atomic mass is 32.1. The van der Waals surface area contributed by atoms with Crippen LogP contribution in [-0.2, 0) is 17.6 Å². The number of aromatic nitrogens is 1. The summed E-state index contributed by atoms with van der Waals surface area (Å²) in [7, 11) is 0. The third-order valence-corrected chi connectivity index (χ3v) is 4.91. The molecule has 0 bridgehead atoms. The molecule has 122 valence electrons. The van der Waals surface area contributed by atoms with Crippen LogP contribution < -0.4 is 5.32 Å². The SMILES string of the molecule is CCc1sc(NC(=O)CCc2ccccc2)nc1-c1ccccc1. The van der Waals surface area contributed by atoms with Crippen LogP contribution in [0.15, 0.2) is 60.7 Å². The number of aryl methyl sites for hydroxylation is 2. The van der Waals surface area contributed by atoms with Crippen molar-refractivity contribution in [1.29, 1.82) is 0 Å². The first kappa shape index (κ1) is 16.4. The lowest BCUT2D eigenvalue weighted by molar-refractivity contribution is -0.116. The molecule has 3 rings (SSSR count). The molecule has 3 nitrogen and oxygen atoms in total. The van der Waals surface area contributed by atoms with E-state index in [1.807, 2.05) is 48.5 Å². The number of anilines is 1. The Balaban J connectivity index is 1.67. The normalized spacial score (nSPS) is 10.5. The van der Waals surface area contributed by atoms with Crippen molar-refractivity contribution >= 4 is 22.4 Å². The number of hydrogen-bond donors (Lipinski definition) is 1. The van der Waals surface area contributed by atoms with Gasteiger partial charge >= 0.3 is 0 Å². The maximum Gasteiger partial charge on any atom is 0.226 e. The lowest BCUT2D eigenvalue weighted by Gasteiger charge is -2.02. The van der Waals surface area contributed by atoms with Crippen molar-refractivity contribution in [3.05, 3.63) is 71.1 Å². The van der Waals surface area contributed by atoms with E-state index < -0.39 is 0 Å². The second-order valence-corrected chi connectivity index (χ2v) is 6.63. The molecule has 1 heterocycles. The van der Waals surface area contributed by atoms with Crippen molar-refractivity contribution in [2.24, 2.45) is 0 Å². The van der Waals surface area contributed by atoms with Crippen LogP contribution in [0.5, 0.6) is 0 Å². The molecule has 0 spiro atoms. The van der Waals surface area contributed by atoms with E-state index in [9.17, 15) is 4.79 Å². The van der Waals surface area contributed by atoms with Crippen LogP contribution in [0.25, 0.3) is 11.3 Å². The van der Waals surface area contributed by atoms with Crippen molar-refractivity contribution in [2.45, 2.75) is 26.2 Å². The summed E-state index contributed by atoms with van der Waals surface area (Å²) in [5.41, 5.74) is 3.24. The summed E-state index contributed by atoms with van der Waals surface area (Å²) in [6.07, 6.45) is 2.11. The molecular weight excluding hydrogens is 316 g/mol. The summed E-state index contributed by atoms with van der Waals surface area (Å²) in [6.45, 7) is 2.11. The van der Waals surface area contributed by atoms with Crippen LogP contribution in [0.3, 0.4) is 0 Å². The van der Waals surface area contributed by atoms with Crippen LogP contribution in [0.2, 0.25) is 0 Å². The second-order valence-electron chi connectivity index (χ2n) is 5.54. The molecule has 0 aliphatic heterocycles. The predicted octanol–water partition coefficient (Wildman–Crippen LogP) is 4.94. The van der Waals surface area contributed by atoms with Crippen molar-refractivity contribution < 1.29 is 4.79 Å². The molecule has 1 amide bonds. The Kier molecular flexibility index (Phi) is 5.39. The van der Waals surface area contributed by atoms with Gasteiger partial charge in [0.25, 0.3) is 0 Å². The van der Waals surface area contributed by atoms with Gasteiger partial charge in [-0.05, 0) is 18.4 Å². The quantitative estimate of drug-likeness (QED) is 0.692. The third-order valence-electron chi connectivity index (χ3n) is 3.80. The Hall–Kier alpha value is -2.46. The van der Waals surface area contributed by atoms with Crippen molar-refractivity contribution in [1.82, 2.24) is 4.98 Å². The average molecular weight is 336 g/mol. The molecule has 0 aliphatic carbocycles. The van der Waals surface area contributed by atoms with E-state index in [-0.39, 0.29) is 5.91 Å². The first-order valence-corrected chi connectivity index (χ1v) is 8.97. The zero-order valence-electron chi connectivity index (χ0n) is 13.7. The Labute approximate surface area is 146 Å². The van der Waals surface area contributed by atoms with Crippen LogP contribution in [0.4, 0.5) is 5.13 Å².